The summed E-state index contributed by atoms with van der Waals surface area (Å²) >= 11 is 0. The van der Waals surface area contributed by atoms with E-state index in [2.05, 4.69) is 25.2 Å². The lowest BCUT2D eigenvalue weighted by atomic mass is 10.0. The molecule has 49 heavy (non-hydrogen) atoms. The Labute approximate surface area is 281 Å². The maximum Gasteiger partial charge on any atom is 0.328 e. The molecule has 0 bridgehead atoms. The minimum absolute atomic E-state index is 0.258. The molecule has 3 amide bonds. The molecule has 3 aliphatic heterocycles. The van der Waals surface area contributed by atoms with Gasteiger partial charge in [0.05, 0.1) is 35.4 Å². The summed E-state index contributed by atoms with van der Waals surface area (Å²) in [5, 5.41) is 6.91. The van der Waals surface area contributed by atoms with Crippen molar-refractivity contribution in [2.24, 2.45) is 0 Å². The molecular weight excluding hydrogens is 630 g/mol. The van der Waals surface area contributed by atoms with Crippen molar-refractivity contribution in [3.8, 4) is 11.3 Å². The molecule has 3 fully saturated rings. The van der Waals surface area contributed by atoms with Crippen LogP contribution in [0.1, 0.15) is 36.4 Å². The molecule has 0 aliphatic carbocycles. The second-order valence-corrected chi connectivity index (χ2v) is 12.5. The first-order valence-corrected chi connectivity index (χ1v) is 16.5. The molecule has 3 saturated heterocycles. The average molecular weight is 665 g/mol. The number of piperazine rings is 1. The highest BCUT2D eigenvalue weighted by atomic mass is 19.1. The van der Waals surface area contributed by atoms with Gasteiger partial charge in [-0.2, -0.15) is 5.10 Å². The van der Waals surface area contributed by atoms with Gasteiger partial charge in [0.2, 0.25) is 5.91 Å². The van der Waals surface area contributed by atoms with Crippen LogP contribution in [0.2, 0.25) is 0 Å². The van der Waals surface area contributed by atoms with Crippen LogP contribution in [-0.2, 0) is 11.3 Å². The molecule has 1 aromatic carbocycles. The molecule has 1 N–H and O–H groups in total. The SMILES string of the molecule is O=C1CCN(c2cnccc2CN2CCN(c3cccc(-c4cnn5ccc(N6CCC[C@@H]6c6cc(F)ccc6F)nc45)n3)CC2)C(=O)N1. The standard InChI is InChI=1S/C35H34F2N10O2/c36-24-6-7-27(37)25(19-24)29-4-2-12-45(29)32-9-14-47-34(41-32)26(20-39-47)28-3-1-5-31(40-28)44-17-15-43(16-18-44)22-23-8-11-38-21-30(23)46-13-10-33(48)42-35(46)49/h1,3,5-9,11,14,19-21,29H,2,4,10,12-13,15-18,22H2,(H,42,48,49)/t29-/m1/s1. The van der Waals surface area contributed by atoms with Crippen LogP contribution >= 0.6 is 0 Å². The first-order valence-electron chi connectivity index (χ1n) is 16.5. The smallest absolute Gasteiger partial charge is 0.328 e. The Bertz CT molecular complexity index is 2050. The van der Waals surface area contributed by atoms with Gasteiger partial charge in [-0.25, -0.2) is 28.1 Å². The second-order valence-electron chi connectivity index (χ2n) is 12.5. The summed E-state index contributed by atoms with van der Waals surface area (Å²) in [4.78, 5) is 46.6. The molecule has 8 rings (SSSR count). The van der Waals surface area contributed by atoms with Crippen molar-refractivity contribution in [3.05, 3.63) is 96.1 Å². The van der Waals surface area contributed by atoms with Crippen molar-refractivity contribution >= 4 is 34.9 Å². The van der Waals surface area contributed by atoms with Crippen LogP contribution in [0.15, 0.2) is 73.3 Å². The summed E-state index contributed by atoms with van der Waals surface area (Å²) in [6, 6.07) is 12.6. The van der Waals surface area contributed by atoms with E-state index in [1.165, 1.54) is 12.1 Å². The lowest BCUT2D eigenvalue weighted by molar-refractivity contribution is -0.120. The third-order valence-electron chi connectivity index (χ3n) is 9.55. The predicted molar refractivity (Wildman–Crippen MR) is 179 cm³/mol. The zero-order valence-corrected chi connectivity index (χ0v) is 26.7. The highest BCUT2D eigenvalue weighted by Gasteiger charge is 2.31. The number of nitrogens with zero attached hydrogens (tertiary/aromatic N) is 9. The maximum atomic E-state index is 14.8. The fourth-order valence-corrected chi connectivity index (χ4v) is 7.05. The van der Waals surface area contributed by atoms with E-state index < -0.39 is 17.7 Å². The zero-order valence-electron chi connectivity index (χ0n) is 26.7. The van der Waals surface area contributed by atoms with Crippen LogP contribution in [0.3, 0.4) is 0 Å². The second kappa shape index (κ2) is 12.8. The summed E-state index contributed by atoms with van der Waals surface area (Å²) in [6.45, 7) is 4.78. The largest absolute Gasteiger partial charge is 0.354 e. The third kappa shape index (κ3) is 6.03. The number of fused-ring (bicyclic) bond motifs is 1. The van der Waals surface area contributed by atoms with Crippen LogP contribution in [0.25, 0.3) is 16.9 Å². The normalized spacial score (nSPS) is 18.8. The number of benzene rings is 1. The molecular formula is C35H34F2N10O2. The summed E-state index contributed by atoms with van der Waals surface area (Å²) < 4.78 is 30.5. The van der Waals surface area contributed by atoms with E-state index in [0.29, 0.717) is 43.1 Å². The first-order chi connectivity index (χ1) is 23.9. The minimum Gasteiger partial charge on any atom is -0.354 e. The highest BCUT2D eigenvalue weighted by Crippen LogP contribution is 2.37. The van der Waals surface area contributed by atoms with E-state index in [1.54, 1.807) is 28.0 Å². The van der Waals surface area contributed by atoms with Crippen LogP contribution in [0, 0.1) is 11.6 Å². The maximum absolute atomic E-state index is 14.8. The van der Waals surface area contributed by atoms with Crippen LogP contribution in [0.4, 0.5) is 30.9 Å². The van der Waals surface area contributed by atoms with Gasteiger partial charge in [-0.15, -0.1) is 0 Å². The number of carbonyl (C=O) groups excluding carboxylic acids is 2. The topological polar surface area (TPSA) is 115 Å². The number of halogens is 2. The summed E-state index contributed by atoms with van der Waals surface area (Å²) in [5.74, 6) is 0.396. The Balaban J connectivity index is 0.978. The van der Waals surface area contributed by atoms with E-state index in [1.807, 2.05) is 41.4 Å². The highest BCUT2D eigenvalue weighted by molar-refractivity contribution is 6.05. The molecule has 1 atom stereocenters. The molecule has 5 aromatic rings. The Morgan fingerprint density at radius 1 is 0.898 bits per heavy atom. The number of amides is 3. The summed E-state index contributed by atoms with van der Waals surface area (Å²) in [5.41, 5.74) is 4.20. The Morgan fingerprint density at radius 2 is 1.78 bits per heavy atom. The van der Waals surface area contributed by atoms with Crippen molar-refractivity contribution in [1.82, 2.24) is 34.8 Å². The monoisotopic (exact) mass is 664 g/mol. The fourth-order valence-electron chi connectivity index (χ4n) is 7.05. The summed E-state index contributed by atoms with van der Waals surface area (Å²) in [6.07, 6.45) is 8.82. The Kier molecular flexibility index (Phi) is 8.07. The number of urea groups is 1. The lowest BCUT2D eigenvalue weighted by Crippen LogP contribution is -2.50. The lowest BCUT2D eigenvalue weighted by Gasteiger charge is -2.36. The van der Waals surface area contributed by atoms with E-state index >= 15 is 0 Å². The minimum atomic E-state index is -0.456. The number of rotatable bonds is 7. The molecule has 0 unspecified atom stereocenters. The molecule has 12 nitrogen and oxygen atoms in total. The van der Waals surface area contributed by atoms with Crippen molar-refractivity contribution in [2.45, 2.75) is 31.8 Å². The van der Waals surface area contributed by atoms with Crippen molar-refractivity contribution in [2.75, 3.05) is 54.0 Å². The first kappa shape index (κ1) is 30.8. The van der Waals surface area contributed by atoms with Crippen molar-refractivity contribution < 1.29 is 18.4 Å². The van der Waals surface area contributed by atoms with Gasteiger partial charge in [-0.1, -0.05) is 6.07 Å². The molecule has 0 radical (unpaired) electrons. The summed E-state index contributed by atoms with van der Waals surface area (Å²) in [7, 11) is 0. The molecule has 0 saturated carbocycles. The number of hydrogen-bond acceptors (Lipinski definition) is 9. The van der Waals surface area contributed by atoms with Crippen LogP contribution in [0.5, 0.6) is 0 Å². The van der Waals surface area contributed by atoms with Gasteiger partial charge in [0.15, 0.2) is 5.65 Å². The van der Waals surface area contributed by atoms with E-state index in [9.17, 15) is 18.4 Å². The Morgan fingerprint density at radius 3 is 2.63 bits per heavy atom. The molecule has 3 aliphatic rings. The number of hydrogen-bond donors (Lipinski definition) is 1. The predicted octanol–water partition coefficient (Wildman–Crippen LogP) is 4.57. The number of nitrogens with one attached hydrogen (secondary N) is 1. The van der Waals surface area contributed by atoms with E-state index in [4.69, 9.17) is 9.97 Å². The number of aromatic nitrogens is 5. The number of carbonyl (C=O) groups is 2. The number of anilines is 3. The number of imide groups is 1. The quantitative estimate of drug-likeness (QED) is 0.267. The average Bonchev–Trinajstić information content (AvgIpc) is 3.78. The van der Waals surface area contributed by atoms with Crippen LogP contribution in [-0.4, -0.2) is 80.7 Å². The van der Waals surface area contributed by atoms with Gasteiger partial charge in [-0.05, 0) is 60.9 Å². The van der Waals surface area contributed by atoms with E-state index in [0.717, 1.165) is 67.0 Å². The molecule has 0 spiro atoms. The van der Waals surface area contributed by atoms with Gasteiger partial charge in [-0.3, -0.25) is 24.9 Å². The van der Waals surface area contributed by atoms with Gasteiger partial charge < -0.3 is 9.80 Å². The van der Waals surface area contributed by atoms with Gasteiger partial charge in [0.25, 0.3) is 0 Å². The van der Waals surface area contributed by atoms with Gasteiger partial charge in [0, 0.05) is 70.2 Å². The van der Waals surface area contributed by atoms with Crippen molar-refractivity contribution in [3.63, 3.8) is 0 Å². The van der Waals surface area contributed by atoms with E-state index in [-0.39, 0.29) is 18.4 Å². The third-order valence-corrected chi connectivity index (χ3v) is 9.55. The molecule has 4 aromatic heterocycles. The fraction of sp³-hybridized carbons (Fsp3) is 0.314. The zero-order chi connectivity index (χ0) is 33.5. The number of pyridine rings is 2. The Hall–Kier alpha value is -5.50. The molecule has 7 heterocycles. The van der Waals surface area contributed by atoms with Crippen molar-refractivity contribution in [1.29, 1.82) is 0 Å². The molecule has 250 valence electrons. The van der Waals surface area contributed by atoms with Gasteiger partial charge in [0.1, 0.15) is 23.3 Å². The van der Waals surface area contributed by atoms with Gasteiger partial charge >= 0.3 is 6.03 Å². The molecule has 14 heteroatoms. The van der Waals surface area contributed by atoms with Crippen LogP contribution < -0.4 is 20.0 Å².